The fraction of sp³-hybridized carbons (Fsp3) is 0.280. The van der Waals surface area contributed by atoms with Crippen LogP contribution in [0.3, 0.4) is 0 Å². The Morgan fingerprint density at radius 3 is 2.32 bits per heavy atom. The van der Waals surface area contributed by atoms with E-state index in [1.807, 2.05) is 6.07 Å². The predicted molar refractivity (Wildman–Crippen MR) is 110 cm³/mol. The van der Waals surface area contributed by atoms with E-state index in [4.69, 9.17) is 0 Å². The van der Waals surface area contributed by atoms with Crippen molar-refractivity contribution in [2.45, 2.75) is 45.4 Å². The fourth-order valence-electron chi connectivity index (χ4n) is 4.13. The molecule has 31 heavy (non-hydrogen) atoms. The molecule has 162 valence electrons. The first-order valence-electron chi connectivity index (χ1n) is 10.3. The van der Waals surface area contributed by atoms with Crippen molar-refractivity contribution in [3.63, 3.8) is 0 Å². The summed E-state index contributed by atoms with van der Waals surface area (Å²) in [7, 11) is 0. The van der Waals surface area contributed by atoms with Crippen LogP contribution in [0.15, 0.2) is 48.5 Å². The van der Waals surface area contributed by atoms with Gasteiger partial charge in [0, 0.05) is 17.5 Å². The van der Waals surface area contributed by atoms with Crippen LogP contribution in [0, 0.1) is 11.6 Å². The van der Waals surface area contributed by atoms with Crippen molar-refractivity contribution in [1.29, 1.82) is 0 Å². The lowest BCUT2D eigenvalue weighted by atomic mass is 9.97. The molecule has 3 aromatic carbocycles. The van der Waals surface area contributed by atoms with Crippen molar-refractivity contribution in [3.05, 3.63) is 76.9 Å². The van der Waals surface area contributed by atoms with Gasteiger partial charge in [-0.05, 0) is 52.8 Å². The van der Waals surface area contributed by atoms with E-state index in [0.29, 0.717) is 12.0 Å². The Kier molecular flexibility index (Phi) is 5.73. The largest absolute Gasteiger partial charge is 0.573 e. The van der Waals surface area contributed by atoms with Gasteiger partial charge in [0.25, 0.3) is 0 Å². The van der Waals surface area contributed by atoms with Crippen molar-refractivity contribution in [1.82, 2.24) is 0 Å². The quantitative estimate of drug-likeness (QED) is 0.223. The van der Waals surface area contributed by atoms with Gasteiger partial charge in [-0.15, -0.1) is 13.2 Å². The second-order valence-corrected chi connectivity index (χ2v) is 7.77. The second-order valence-electron chi connectivity index (χ2n) is 7.77. The first-order chi connectivity index (χ1) is 14.8. The zero-order valence-corrected chi connectivity index (χ0v) is 17.0. The van der Waals surface area contributed by atoms with E-state index in [2.05, 4.69) is 23.8 Å². The van der Waals surface area contributed by atoms with E-state index in [9.17, 15) is 17.6 Å². The van der Waals surface area contributed by atoms with Crippen LogP contribution in [0.4, 0.5) is 22.0 Å². The molecule has 0 heterocycles. The average molecular weight is 432 g/mol. The summed E-state index contributed by atoms with van der Waals surface area (Å²) in [5.74, 6) is -2.62. The molecule has 3 aromatic rings. The highest BCUT2D eigenvalue weighted by atomic mass is 19.4. The van der Waals surface area contributed by atoms with Gasteiger partial charge in [-0.2, -0.15) is 0 Å². The smallest absolute Gasteiger partial charge is 0.403 e. The molecule has 1 aliphatic rings. The van der Waals surface area contributed by atoms with Crippen LogP contribution in [-0.2, 0) is 12.8 Å². The van der Waals surface area contributed by atoms with E-state index in [1.165, 1.54) is 24.1 Å². The van der Waals surface area contributed by atoms with Gasteiger partial charge in [0.1, 0.15) is 5.82 Å². The summed E-state index contributed by atoms with van der Waals surface area (Å²) in [6.07, 6.45) is -0.157. The fourth-order valence-corrected chi connectivity index (χ4v) is 4.13. The maximum atomic E-state index is 15.3. The average Bonchev–Trinajstić information content (AvgIpc) is 3.08. The number of hydrogen-bond donors (Lipinski definition) is 0. The first kappa shape index (κ1) is 21.3. The van der Waals surface area contributed by atoms with Crippen LogP contribution in [0.2, 0.25) is 0 Å². The second kappa shape index (κ2) is 8.33. The van der Waals surface area contributed by atoms with Crippen LogP contribution >= 0.6 is 0 Å². The highest BCUT2D eigenvalue weighted by Gasteiger charge is 2.32. The Morgan fingerprint density at radius 1 is 0.871 bits per heavy atom. The normalized spacial score (nSPS) is 12.6. The van der Waals surface area contributed by atoms with Gasteiger partial charge in [-0.3, -0.25) is 0 Å². The van der Waals surface area contributed by atoms with Crippen molar-refractivity contribution >= 4 is 0 Å². The molecule has 0 bridgehead atoms. The minimum atomic E-state index is -5.00. The Labute approximate surface area is 177 Å². The van der Waals surface area contributed by atoms with E-state index in [0.717, 1.165) is 48.1 Å². The third-order valence-corrected chi connectivity index (χ3v) is 5.61. The zero-order chi connectivity index (χ0) is 22.2. The summed E-state index contributed by atoms with van der Waals surface area (Å²) >= 11 is 0. The molecular weight excluding hydrogens is 411 g/mol. The Hall–Kier alpha value is -2.89. The van der Waals surface area contributed by atoms with Gasteiger partial charge in [0.2, 0.25) is 0 Å². The molecule has 0 saturated heterocycles. The topological polar surface area (TPSA) is 9.23 Å². The molecule has 1 aliphatic carbocycles. The number of benzene rings is 3. The summed E-state index contributed by atoms with van der Waals surface area (Å²) < 4.78 is 70.2. The third kappa shape index (κ3) is 4.43. The molecule has 0 spiro atoms. The van der Waals surface area contributed by atoms with Crippen LogP contribution in [0.5, 0.6) is 5.75 Å². The molecule has 0 amide bonds. The number of rotatable bonds is 6. The third-order valence-electron chi connectivity index (χ3n) is 5.61. The molecule has 0 aliphatic heterocycles. The molecule has 0 fully saturated rings. The van der Waals surface area contributed by atoms with Gasteiger partial charge >= 0.3 is 6.36 Å². The van der Waals surface area contributed by atoms with Crippen molar-refractivity contribution in [2.24, 2.45) is 0 Å². The van der Waals surface area contributed by atoms with Crippen LogP contribution in [0.25, 0.3) is 22.3 Å². The molecule has 6 heteroatoms. The monoisotopic (exact) mass is 432 g/mol. The van der Waals surface area contributed by atoms with Crippen LogP contribution in [-0.4, -0.2) is 6.36 Å². The predicted octanol–water partition coefficient (Wildman–Crippen LogP) is 7.83. The number of alkyl halides is 3. The lowest BCUT2D eigenvalue weighted by Crippen LogP contribution is -2.17. The number of aryl methyl sites for hydroxylation is 1. The van der Waals surface area contributed by atoms with Gasteiger partial charge in [-0.1, -0.05) is 56.2 Å². The standard InChI is InChI=1S/C25H21F5O/c1-2-3-4-5-15-6-8-18-17(12-15)13-21-20(18)10-9-19(24(21)27)16-7-11-23(22(26)14-16)31-25(28,29)30/h6-12,14H,2-5,13H2,1H3. The van der Waals surface area contributed by atoms with Gasteiger partial charge < -0.3 is 4.74 Å². The van der Waals surface area contributed by atoms with E-state index in [-0.39, 0.29) is 11.1 Å². The van der Waals surface area contributed by atoms with Gasteiger partial charge in [0.05, 0.1) is 0 Å². The molecule has 4 rings (SSSR count). The van der Waals surface area contributed by atoms with Crippen molar-refractivity contribution in [3.8, 4) is 28.0 Å². The number of hydrogen-bond acceptors (Lipinski definition) is 1. The van der Waals surface area contributed by atoms with Gasteiger partial charge in [0.15, 0.2) is 11.6 Å². The number of ether oxygens (including phenoxy) is 1. The SMILES string of the molecule is CCCCCc1ccc2c(c1)Cc1c-2ccc(-c2ccc(OC(F)(F)F)c(F)c2)c1F. The summed E-state index contributed by atoms with van der Waals surface area (Å²) in [6.45, 7) is 2.16. The molecule has 1 nitrogen and oxygen atoms in total. The molecule has 0 N–H and O–H groups in total. The Morgan fingerprint density at radius 2 is 1.61 bits per heavy atom. The molecule has 0 radical (unpaired) electrons. The molecule has 0 unspecified atom stereocenters. The van der Waals surface area contributed by atoms with E-state index >= 15 is 4.39 Å². The van der Waals surface area contributed by atoms with Crippen LogP contribution < -0.4 is 4.74 Å². The first-order valence-corrected chi connectivity index (χ1v) is 10.3. The molecule has 0 saturated carbocycles. The van der Waals surface area contributed by atoms with E-state index < -0.39 is 23.7 Å². The maximum absolute atomic E-state index is 15.3. The van der Waals surface area contributed by atoms with Crippen molar-refractivity contribution < 1.29 is 26.7 Å². The number of halogens is 5. The number of fused-ring (bicyclic) bond motifs is 3. The lowest BCUT2D eigenvalue weighted by Gasteiger charge is -2.12. The van der Waals surface area contributed by atoms with Crippen molar-refractivity contribution in [2.75, 3.05) is 0 Å². The molecule has 0 aromatic heterocycles. The minimum absolute atomic E-state index is 0.146. The highest BCUT2D eigenvalue weighted by molar-refractivity contribution is 5.81. The Bertz CT molecular complexity index is 1120. The summed E-state index contributed by atoms with van der Waals surface area (Å²) in [5, 5.41) is 0. The number of unbranched alkanes of at least 4 members (excludes halogenated alkanes) is 2. The molecular formula is C25H21F5O. The summed E-state index contributed by atoms with van der Waals surface area (Å²) in [5.41, 5.74) is 4.89. The highest BCUT2D eigenvalue weighted by Crippen LogP contribution is 2.42. The van der Waals surface area contributed by atoms with Gasteiger partial charge in [-0.25, -0.2) is 8.78 Å². The maximum Gasteiger partial charge on any atom is 0.573 e. The minimum Gasteiger partial charge on any atom is -0.403 e. The zero-order valence-electron chi connectivity index (χ0n) is 17.0. The Balaban J connectivity index is 1.62. The van der Waals surface area contributed by atoms with E-state index in [1.54, 1.807) is 6.07 Å². The lowest BCUT2D eigenvalue weighted by molar-refractivity contribution is -0.275. The molecule has 0 atom stereocenters. The van der Waals surface area contributed by atoms with Crippen LogP contribution in [0.1, 0.15) is 42.9 Å². The summed E-state index contributed by atoms with van der Waals surface area (Å²) in [4.78, 5) is 0. The summed E-state index contributed by atoms with van der Waals surface area (Å²) in [6, 6.07) is 12.5.